The zero-order valence-corrected chi connectivity index (χ0v) is 6.22. The molecule has 0 fully saturated rings. The van der Waals surface area contributed by atoms with E-state index in [2.05, 4.69) is 6.92 Å². The van der Waals surface area contributed by atoms with Crippen LogP contribution < -0.4 is 0 Å². The number of rotatable bonds is 1. The summed E-state index contributed by atoms with van der Waals surface area (Å²) in [6, 6.07) is 0. The van der Waals surface area contributed by atoms with E-state index in [-0.39, 0.29) is 0 Å². The molecule has 0 bridgehead atoms. The van der Waals surface area contributed by atoms with Crippen molar-refractivity contribution in [2.45, 2.75) is 0 Å². The van der Waals surface area contributed by atoms with Crippen LogP contribution in [0.2, 0.25) is 0 Å². The molecule has 33 valence electrons. The van der Waals surface area contributed by atoms with Crippen molar-refractivity contribution in [2.75, 3.05) is 4.43 Å². The van der Waals surface area contributed by atoms with E-state index in [1.165, 1.54) is 0 Å². The Hall–Kier alpha value is 1.31. The van der Waals surface area contributed by atoms with Gasteiger partial charge in [-0.05, 0) is 0 Å². The van der Waals surface area contributed by atoms with Gasteiger partial charge in [-0.3, -0.25) is 0 Å². The Morgan fingerprint density at radius 3 is 1.80 bits per heavy atom. The molecule has 0 aliphatic rings. The Bertz CT molecular complexity index is 21.6. The summed E-state index contributed by atoms with van der Waals surface area (Å²) in [5.41, 5.74) is 0. The molecule has 0 N–H and O–H groups in total. The van der Waals surface area contributed by atoms with Crippen LogP contribution in [0.25, 0.3) is 0 Å². The molecule has 3 heteroatoms. The van der Waals surface area contributed by atoms with Gasteiger partial charge in [-0.2, -0.15) is 0 Å². The van der Waals surface area contributed by atoms with Gasteiger partial charge in [0.15, 0.2) is 0 Å². The van der Waals surface area contributed by atoms with Gasteiger partial charge < -0.3 is 0 Å². The quantitative estimate of drug-likeness (QED) is 0.476. The molecule has 0 saturated carbocycles. The first-order valence-electron chi connectivity index (χ1n) is 1.05. The summed E-state index contributed by atoms with van der Waals surface area (Å²) in [6.45, 7) is 3.49. The summed E-state index contributed by atoms with van der Waals surface area (Å²) in [5.74, 6) is 0. The Morgan fingerprint density at radius 2 is 1.80 bits per heavy atom. The van der Waals surface area contributed by atoms with Gasteiger partial charge in [-0.1, -0.05) is 0 Å². The number of hydrogen-bond donors (Lipinski definition) is 0. The van der Waals surface area contributed by atoms with Crippen molar-refractivity contribution in [3.8, 4) is 0 Å². The first-order chi connectivity index (χ1) is 2.27. The van der Waals surface area contributed by atoms with Crippen LogP contribution in [0.15, 0.2) is 0 Å². The molecule has 5 heavy (non-hydrogen) atoms. The third-order valence-electron chi connectivity index (χ3n) is 0.143. The maximum absolute atomic E-state index is 5.32. The fourth-order valence-electron chi connectivity index (χ4n) is 0. The zero-order valence-electron chi connectivity index (χ0n) is 2.55. The normalized spacial score (nSPS) is 11.4. The first kappa shape index (κ1) is 6.31. The molecule has 0 aromatic rings. The SMILES string of the molecule is [CH2]CI(Cl)Cl. The van der Waals surface area contributed by atoms with Gasteiger partial charge in [-0.25, -0.2) is 0 Å². The van der Waals surface area contributed by atoms with Gasteiger partial charge in [0.05, 0.1) is 0 Å². The Balaban J connectivity index is 2.54. The van der Waals surface area contributed by atoms with E-state index in [9.17, 15) is 0 Å². The van der Waals surface area contributed by atoms with Crippen molar-refractivity contribution < 1.29 is 0 Å². The molecular formula is C2H4Cl2I. The fraction of sp³-hybridized carbons (Fsp3) is 0.500. The molecule has 0 unspecified atom stereocenters. The topological polar surface area (TPSA) is 0 Å². The van der Waals surface area contributed by atoms with Crippen molar-refractivity contribution in [2.24, 2.45) is 0 Å². The summed E-state index contributed by atoms with van der Waals surface area (Å²) in [4.78, 5) is 0. The molecule has 0 nitrogen and oxygen atoms in total. The third-order valence-corrected chi connectivity index (χ3v) is 2.87. The van der Waals surface area contributed by atoms with Crippen molar-refractivity contribution >= 4 is 35.4 Å². The van der Waals surface area contributed by atoms with E-state index >= 15 is 0 Å². The average Bonchev–Trinajstić information content (AvgIpc) is 1.38. The molecule has 1 radical (unpaired) electrons. The Morgan fingerprint density at radius 1 is 1.60 bits per heavy atom. The number of alkyl halides is 1. The van der Waals surface area contributed by atoms with E-state index in [1.54, 1.807) is 0 Å². The first-order valence-corrected chi connectivity index (χ1v) is 8.04. The molecule has 0 heterocycles. The van der Waals surface area contributed by atoms with Gasteiger partial charge in [0.2, 0.25) is 0 Å². The van der Waals surface area contributed by atoms with Crippen LogP contribution in [-0.2, 0) is 0 Å². The van der Waals surface area contributed by atoms with E-state index < -0.39 is 17.6 Å². The van der Waals surface area contributed by atoms with Gasteiger partial charge in [0.25, 0.3) is 0 Å². The summed E-state index contributed by atoms with van der Waals surface area (Å²) < 4.78 is 0.743. The molecule has 0 aliphatic heterocycles. The Labute approximate surface area is 46.6 Å². The molecule has 0 aromatic carbocycles. The second-order valence-electron chi connectivity index (χ2n) is 0.445. The summed E-state index contributed by atoms with van der Waals surface area (Å²) >= 11 is -1.45. The second kappa shape index (κ2) is 3.50. The van der Waals surface area contributed by atoms with Crippen LogP contribution in [0, 0.1) is 6.92 Å². The molecule has 0 aromatic heterocycles. The zero-order chi connectivity index (χ0) is 4.28. The van der Waals surface area contributed by atoms with Crippen LogP contribution in [0.5, 0.6) is 0 Å². The fourth-order valence-corrected chi connectivity index (χ4v) is 0. The van der Waals surface area contributed by atoms with Crippen molar-refractivity contribution in [3.63, 3.8) is 0 Å². The predicted octanol–water partition coefficient (Wildman–Crippen LogP) is 2.63. The van der Waals surface area contributed by atoms with Gasteiger partial charge >= 0.3 is 46.7 Å². The third kappa shape index (κ3) is 5.31. The van der Waals surface area contributed by atoms with E-state index in [1.807, 2.05) is 0 Å². The second-order valence-corrected chi connectivity index (χ2v) is 8.59. The van der Waals surface area contributed by atoms with Crippen molar-refractivity contribution in [1.29, 1.82) is 0 Å². The van der Waals surface area contributed by atoms with E-state index in [0.717, 1.165) is 4.43 Å². The molecule has 0 saturated heterocycles. The van der Waals surface area contributed by atoms with Crippen LogP contribution in [0.3, 0.4) is 0 Å². The van der Waals surface area contributed by atoms with E-state index in [4.69, 9.17) is 17.8 Å². The van der Waals surface area contributed by atoms with E-state index in [0.29, 0.717) is 0 Å². The van der Waals surface area contributed by atoms with Crippen molar-refractivity contribution in [1.82, 2.24) is 0 Å². The van der Waals surface area contributed by atoms with Gasteiger partial charge in [-0.15, -0.1) is 0 Å². The Kier molecular flexibility index (Phi) is 4.41. The summed E-state index contributed by atoms with van der Waals surface area (Å²) in [7, 11) is 10.6. The minimum absolute atomic E-state index is 0.743. The molecular weight excluding hydrogens is 222 g/mol. The summed E-state index contributed by atoms with van der Waals surface area (Å²) in [6.07, 6.45) is 0. The van der Waals surface area contributed by atoms with Gasteiger partial charge in [0, 0.05) is 0 Å². The van der Waals surface area contributed by atoms with Gasteiger partial charge in [0.1, 0.15) is 0 Å². The molecule has 0 spiro atoms. The minimum atomic E-state index is -1.45. The number of halogens is 3. The predicted molar refractivity (Wildman–Crippen MR) is 36.0 cm³/mol. The van der Waals surface area contributed by atoms with Crippen LogP contribution in [0.4, 0.5) is 0 Å². The van der Waals surface area contributed by atoms with Crippen LogP contribution in [-0.4, -0.2) is 4.43 Å². The maximum atomic E-state index is 5.32. The number of hydrogen-bond acceptors (Lipinski definition) is 0. The summed E-state index contributed by atoms with van der Waals surface area (Å²) in [5, 5.41) is 0. The van der Waals surface area contributed by atoms with Crippen molar-refractivity contribution in [3.05, 3.63) is 6.92 Å². The molecule has 0 atom stereocenters. The standard InChI is InChI=1S/C2H4Cl2I/c1-2-5(3)4/h1-2H2. The molecule has 0 amide bonds. The van der Waals surface area contributed by atoms with Crippen LogP contribution >= 0.6 is 35.4 Å². The average molecular weight is 226 g/mol. The molecule has 0 aliphatic carbocycles. The monoisotopic (exact) mass is 225 g/mol. The van der Waals surface area contributed by atoms with Crippen LogP contribution in [0.1, 0.15) is 0 Å². The molecule has 0 rings (SSSR count).